The monoisotopic (exact) mass is 310 g/mol. The molecule has 0 atom stereocenters. The van der Waals surface area contributed by atoms with Crippen LogP contribution in [0.1, 0.15) is 42.9 Å². The predicted octanol–water partition coefficient (Wildman–Crippen LogP) is 3.11. The number of piperidine rings is 1. The van der Waals surface area contributed by atoms with E-state index in [0.29, 0.717) is 5.92 Å². The molecule has 2 aliphatic rings. The zero-order valence-corrected chi connectivity index (χ0v) is 13.5. The van der Waals surface area contributed by atoms with Gasteiger partial charge in [0, 0.05) is 61.6 Å². The number of hydrogen-bond donors (Lipinski definition) is 0. The maximum absolute atomic E-state index is 6.14. The van der Waals surface area contributed by atoms with Crippen LogP contribution in [0.3, 0.4) is 0 Å². The largest absolute Gasteiger partial charge is 0.490 e. The number of anilines is 1. The molecule has 0 spiro atoms. The third-order valence-electron chi connectivity index (χ3n) is 4.70. The summed E-state index contributed by atoms with van der Waals surface area (Å²) in [6.07, 6.45) is 10.2. The van der Waals surface area contributed by atoms with E-state index in [2.05, 4.69) is 25.9 Å². The summed E-state index contributed by atoms with van der Waals surface area (Å²) in [4.78, 5) is 15.3. The molecule has 3 heterocycles. The first kappa shape index (κ1) is 14.4. The van der Waals surface area contributed by atoms with Gasteiger partial charge in [-0.1, -0.05) is 0 Å². The molecule has 2 aromatic rings. The molecule has 1 saturated heterocycles. The van der Waals surface area contributed by atoms with Gasteiger partial charge >= 0.3 is 0 Å². The van der Waals surface area contributed by atoms with Gasteiger partial charge in [-0.05, 0) is 25.8 Å². The van der Waals surface area contributed by atoms with Crippen LogP contribution < -0.4 is 9.64 Å². The minimum absolute atomic E-state index is 0.275. The van der Waals surface area contributed by atoms with Crippen molar-refractivity contribution in [2.24, 2.45) is 0 Å². The van der Waals surface area contributed by atoms with Crippen molar-refractivity contribution in [2.45, 2.75) is 44.6 Å². The van der Waals surface area contributed by atoms with Crippen molar-refractivity contribution in [1.29, 1.82) is 0 Å². The van der Waals surface area contributed by atoms with Crippen LogP contribution in [-0.2, 0) is 0 Å². The van der Waals surface area contributed by atoms with Crippen LogP contribution in [0.2, 0.25) is 0 Å². The molecule has 0 N–H and O–H groups in total. The third-order valence-corrected chi connectivity index (χ3v) is 4.70. The summed E-state index contributed by atoms with van der Waals surface area (Å²) in [5, 5.41) is 0. The molecule has 1 aliphatic heterocycles. The zero-order valence-electron chi connectivity index (χ0n) is 13.5. The van der Waals surface area contributed by atoms with Gasteiger partial charge in [0.1, 0.15) is 24.0 Å². The average molecular weight is 310 g/mol. The molecule has 2 aromatic heterocycles. The van der Waals surface area contributed by atoms with Crippen LogP contribution >= 0.6 is 0 Å². The van der Waals surface area contributed by atoms with Gasteiger partial charge in [0.05, 0.1) is 0 Å². The number of ether oxygens (including phenoxy) is 1. The third kappa shape index (κ3) is 3.28. The van der Waals surface area contributed by atoms with Crippen molar-refractivity contribution in [1.82, 2.24) is 15.0 Å². The summed E-state index contributed by atoms with van der Waals surface area (Å²) in [6.45, 7) is 4.00. The minimum Gasteiger partial charge on any atom is -0.490 e. The molecule has 5 heteroatoms. The van der Waals surface area contributed by atoms with Gasteiger partial charge in [0.25, 0.3) is 0 Å². The molecule has 0 amide bonds. The highest BCUT2D eigenvalue weighted by Gasteiger charge is 2.27. The first-order valence-electron chi connectivity index (χ1n) is 8.44. The van der Waals surface area contributed by atoms with Gasteiger partial charge in [0.15, 0.2) is 0 Å². The summed E-state index contributed by atoms with van der Waals surface area (Å²) >= 11 is 0. The second-order valence-corrected chi connectivity index (χ2v) is 6.52. The van der Waals surface area contributed by atoms with Gasteiger partial charge in [-0.15, -0.1) is 0 Å². The van der Waals surface area contributed by atoms with Crippen molar-refractivity contribution in [3.63, 3.8) is 0 Å². The first-order chi connectivity index (χ1) is 11.3. The van der Waals surface area contributed by atoms with Crippen LogP contribution in [0.4, 0.5) is 5.82 Å². The Morgan fingerprint density at radius 1 is 1.13 bits per heavy atom. The number of aryl methyl sites for hydroxylation is 1. The van der Waals surface area contributed by atoms with Gasteiger partial charge in [-0.3, -0.25) is 4.98 Å². The summed E-state index contributed by atoms with van der Waals surface area (Å²) in [6, 6.07) is 4.12. The lowest BCUT2D eigenvalue weighted by Crippen LogP contribution is -2.38. The van der Waals surface area contributed by atoms with E-state index in [1.165, 1.54) is 18.5 Å². The minimum atomic E-state index is 0.275. The van der Waals surface area contributed by atoms with E-state index in [1.54, 1.807) is 12.5 Å². The van der Waals surface area contributed by atoms with E-state index in [4.69, 9.17) is 4.74 Å². The van der Waals surface area contributed by atoms with E-state index in [9.17, 15) is 0 Å². The fourth-order valence-electron chi connectivity index (χ4n) is 3.11. The van der Waals surface area contributed by atoms with Gasteiger partial charge in [-0.25, -0.2) is 9.97 Å². The highest BCUT2D eigenvalue weighted by atomic mass is 16.5. The Morgan fingerprint density at radius 2 is 1.96 bits per heavy atom. The molecule has 23 heavy (non-hydrogen) atoms. The Morgan fingerprint density at radius 3 is 2.70 bits per heavy atom. The van der Waals surface area contributed by atoms with E-state index in [1.807, 2.05) is 19.2 Å². The van der Waals surface area contributed by atoms with E-state index in [-0.39, 0.29) is 6.10 Å². The quantitative estimate of drug-likeness (QED) is 0.868. The van der Waals surface area contributed by atoms with Crippen LogP contribution in [0, 0.1) is 6.92 Å². The fourth-order valence-corrected chi connectivity index (χ4v) is 3.11. The molecule has 2 fully saturated rings. The summed E-state index contributed by atoms with van der Waals surface area (Å²) < 4.78 is 6.14. The lowest BCUT2D eigenvalue weighted by atomic mass is 10.1. The zero-order chi connectivity index (χ0) is 15.6. The molecule has 0 unspecified atom stereocenters. The van der Waals surface area contributed by atoms with Gasteiger partial charge in [-0.2, -0.15) is 0 Å². The standard InChI is InChI=1S/C18H22N4O/c1-13-11-19-7-4-17(13)23-15-5-8-22(9-6-15)18-10-16(14-2-3-14)20-12-21-18/h4,7,10-12,14-15H,2-3,5-6,8-9H2,1H3. The number of pyridine rings is 1. The Hall–Kier alpha value is -2.17. The Balaban J connectivity index is 1.37. The molecule has 1 saturated carbocycles. The summed E-state index contributed by atoms with van der Waals surface area (Å²) in [7, 11) is 0. The lowest BCUT2D eigenvalue weighted by molar-refractivity contribution is 0.169. The van der Waals surface area contributed by atoms with E-state index < -0.39 is 0 Å². The molecule has 0 aromatic carbocycles. The van der Waals surface area contributed by atoms with Crippen LogP contribution in [0.25, 0.3) is 0 Å². The summed E-state index contributed by atoms with van der Waals surface area (Å²) in [5.41, 5.74) is 2.31. The normalized spacial score (nSPS) is 18.9. The van der Waals surface area contributed by atoms with Crippen molar-refractivity contribution < 1.29 is 4.74 Å². The molecular formula is C18H22N4O. The topological polar surface area (TPSA) is 51.1 Å². The molecule has 0 radical (unpaired) electrons. The molecular weight excluding hydrogens is 288 g/mol. The number of rotatable bonds is 4. The fraction of sp³-hybridized carbons (Fsp3) is 0.500. The maximum atomic E-state index is 6.14. The highest BCUT2D eigenvalue weighted by molar-refractivity contribution is 5.41. The Kier molecular flexibility index (Phi) is 3.85. The second kappa shape index (κ2) is 6.14. The van der Waals surface area contributed by atoms with Crippen molar-refractivity contribution in [3.05, 3.63) is 42.1 Å². The molecule has 0 bridgehead atoms. The average Bonchev–Trinajstić information content (AvgIpc) is 3.43. The van der Waals surface area contributed by atoms with Crippen LogP contribution in [-0.4, -0.2) is 34.1 Å². The Bertz CT molecular complexity index is 678. The predicted molar refractivity (Wildman–Crippen MR) is 88.8 cm³/mol. The van der Waals surface area contributed by atoms with Crippen LogP contribution in [0.5, 0.6) is 5.75 Å². The molecule has 4 rings (SSSR count). The van der Waals surface area contributed by atoms with Crippen molar-refractivity contribution in [2.75, 3.05) is 18.0 Å². The van der Waals surface area contributed by atoms with E-state index >= 15 is 0 Å². The lowest BCUT2D eigenvalue weighted by Gasteiger charge is -2.33. The second-order valence-electron chi connectivity index (χ2n) is 6.52. The number of nitrogens with zero attached hydrogens (tertiary/aromatic N) is 4. The number of hydrogen-bond acceptors (Lipinski definition) is 5. The smallest absolute Gasteiger partial charge is 0.132 e. The molecule has 5 nitrogen and oxygen atoms in total. The Labute approximate surface area is 136 Å². The van der Waals surface area contributed by atoms with Crippen molar-refractivity contribution in [3.8, 4) is 5.75 Å². The molecule has 1 aliphatic carbocycles. The van der Waals surface area contributed by atoms with Crippen molar-refractivity contribution >= 4 is 5.82 Å². The van der Waals surface area contributed by atoms with Gasteiger partial charge < -0.3 is 9.64 Å². The SMILES string of the molecule is Cc1cnccc1OC1CCN(c2cc(C3CC3)ncn2)CC1. The maximum Gasteiger partial charge on any atom is 0.132 e. The van der Waals surface area contributed by atoms with E-state index in [0.717, 1.165) is 43.1 Å². The molecule has 120 valence electrons. The number of aromatic nitrogens is 3. The highest BCUT2D eigenvalue weighted by Crippen LogP contribution is 2.39. The van der Waals surface area contributed by atoms with Crippen LogP contribution in [0.15, 0.2) is 30.9 Å². The summed E-state index contributed by atoms with van der Waals surface area (Å²) in [5.74, 6) is 2.70. The first-order valence-corrected chi connectivity index (χ1v) is 8.44. The van der Waals surface area contributed by atoms with Gasteiger partial charge in [0.2, 0.25) is 0 Å².